The van der Waals surface area contributed by atoms with Crippen molar-refractivity contribution >= 4 is 27.5 Å². The van der Waals surface area contributed by atoms with Crippen LogP contribution in [-0.4, -0.2) is 52.2 Å². The topological polar surface area (TPSA) is 75.4 Å². The Labute approximate surface area is 212 Å². The molecule has 1 aliphatic carbocycles. The molecule has 1 saturated carbocycles. The number of piperidine rings is 2. The predicted molar refractivity (Wildman–Crippen MR) is 137 cm³/mol. The van der Waals surface area contributed by atoms with E-state index in [1.54, 1.807) is 4.68 Å². The summed E-state index contributed by atoms with van der Waals surface area (Å²) in [5.41, 5.74) is 0.430. The van der Waals surface area contributed by atoms with Crippen LogP contribution in [0, 0.1) is 24.0 Å². The molecule has 0 unspecified atom stereocenters. The fourth-order valence-electron chi connectivity index (χ4n) is 5.98. The van der Waals surface area contributed by atoms with Crippen LogP contribution >= 0.6 is 0 Å². The van der Waals surface area contributed by atoms with Gasteiger partial charge in [-0.1, -0.05) is 12.0 Å². The first-order valence-electron chi connectivity index (χ1n) is 12.6. The molecule has 188 valence electrons. The molecule has 2 aromatic heterocycles. The summed E-state index contributed by atoms with van der Waals surface area (Å²) in [7, 11) is 1.50. The minimum absolute atomic E-state index is 0.0130. The number of halogens is 2. The van der Waals surface area contributed by atoms with E-state index in [0.717, 1.165) is 38.8 Å². The molecular formula is C28H25F2N5O2. The molecular weight excluding hydrogens is 476 g/mol. The number of ether oxygens (including phenoxy) is 1. The highest BCUT2D eigenvalue weighted by Crippen LogP contribution is 2.47. The van der Waals surface area contributed by atoms with Crippen LogP contribution in [0.4, 0.5) is 14.6 Å². The molecule has 37 heavy (non-hydrogen) atoms. The van der Waals surface area contributed by atoms with Crippen molar-refractivity contribution in [3.63, 3.8) is 0 Å². The van der Waals surface area contributed by atoms with Crippen molar-refractivity contribution in [2.24, 2.45) is 0 Å². The Hall–Kier alpha value is -3.90. The largest absolute Gasteiger partial charge is 0.508 e. The fraction of sp³-hybridized carbons (Fsp3) is 0.357. The summed E-state index contributed by atoms with van der Waals surface area (Å²) in [6.07, 6.45) is 9.62. The van der Waals surface area contributed by atoms with Gasteiger partial charge < -0.3 is 20.1 Å². The number of terminal acetylenes is 1. The second kappa shape index (κ2) is 8.05. The molecule has 2 bridgehead atoms. The number of pyridine rings is 1. The van der Waals surface area contributed by atoms with Gasteiger partial charge in [-0.2, -0.15) is 5.10 Å². The Morgan fingerprint density at radius 3 is 2.59 bits per heavy atom. The Morgan fingerprint density at radius 1 is 1.14 bits per heavy atom. The average Bonchev–Trinajstić information content (AvgIpc) is 3.69. The lowest BCUT2D eigenvalue weighted by Gasteiger charge is -2.46. The standard InChI is InChI=1S/C28H25F2N5O2/c1-3-19-21(29)9-4-14-10-18(36)11-20(22(14)19)25-24(30)26-23(28(32-25)37-2)27(33-35(26)16-7-8-16)34-13-15-5-6-17(34)12-31-15/h1,4,9-11,15-17,31,36H,5-8,12-13H2,2H3/t15-,17-/m0/s1. The maximum atomic E-state index is 16.6. The predicted octanol–water partition coefficient (Wildman–Crippen LogP) is 4.50. The molecule has 0 amide bonds. The highest BCUT2D eigenvalue weighted by atomic mass is 19.1. The highest BCUT2D eigenvalue weighted by Gasteiger charge is 2.39. The maximum absolute atomic E-state index is 16.6. The normalized spacial score (nSPS) is 21.1. The van der Waals surface area contributed by atoms with Gasteiger partial charge in [0, 0.05) is 36.1 Å². The van der Waals surface area contributed by atoms with E-state index in [1.165, 1.54) is 31.4 Å². The van der Waals surface area contributed by atoms with E-state index in [0.29, 0.717) is 33.5 Å². The Morgan fingerprint density at radius 2 is 1.95 bits per heavy atom. The molecule has 3 saturated heterocycles. The first-order valence-corrected chi connectivity index (χ1v) is 12.6. The molecule has 7 nitrogen and oxygen atoms in total. The molecule has 0 spiro atoms. The number of phenols is 1. The molecule has 9 heteroatoms. The highest BCUT2D eigenvalue weighted by molar-refractivity contribution is 6.04. The van der Waals surface area contributed by atoms with Crippen molar-refractivity contribution in [2.75, 3.05) is 25.1 Å². The number of phenolic OH excluding ortho intramolecular Hbond substituents is 1. The summed E-state index contributed by atoms with van der Waals surface area (Å²) < 4.78 is 38.9. The first kappa shape index (κ1) is 22.3. The molecule has 2 N–H and O–H groups in total. The monoisotopic (exact) mass is 501 g/mol. The number of hydrogen-bond acceptors (Lipinski definition) is 6. The van der Waals surface area contributed by atoms with Gasteiger partial charge in [-0.3, -0.25) is 4.68 Å². The number of piperazine rings is 1. The number of rotatable bonds is 4. The second-order valence-electron chi connectivity index (χ2n) is 10.2. The van der Waals surface area contributed by atoms with Crippen LogP contribution in [-0.2, 0) is 0 Å². The third-order valence-corrected chi connectivity index (χ3v) is 7.89. The maximum Gasteiger partial charge on any atom is 0.227 e. The molecule has 5 heterocycles. The fourth-order valence-corrected chi connectivity index (χ4v) is 5.98. The van der Waals surface area contributed by atoms with Crippen molar-refractivity contribution in [2.45, 2.75) is 43.8 Å². The van der Waals surface area contributed by atoms with Gasteiger partial charge in [-0.15, -0.1) is 6.42 Å². The number of nitrogens with one attached hydrogen (secondary N) is 1. The second-order valence-corrected chi connectivity index (χ2v) is 10.2. The molecule has 2 atom stereocenters. The molecule has 4 fully saturated rings. The Bertz CT molecular complexity index is 1630. The van der Waals surface area contributed by atoms with E-state index in [4.69, 9.17) is 16.3 Å². The van der Waals surface area contributed by atoms with E-state index in [9.17, 15) is 9.50 Å². The van der Waals surface area contributed by atoms with E-state index in [1.807, 2.05) is 0 Å². The summed E-state index contributed by atoms with van der Waals surface area (Å²) in [5, 5.41) is 20.3. The number of fused-ring (bicyclic) bond motifs is 5. The summed E-state index contributed by atoms with van der Waals surface area (Å²) >= 11 is 0. The number of nitrogens with zero attached hydrogens (tertiary/aromatic N) is 4. The minimum atomic E-state index is -0.602. The Kier molecular flexibility index (Phi) is 4.85. The van der Waals surface area contributed by atoms with E-state index < -0.39 is 11.6 Å². The van der Waals surface area contributed by atoms with Gasteiger partial charge >= 0.3 is 0 Å². The number of benzene rings is 2. The molecule has 3 aliphatic heterocycles. The van der Waals surface area contributed by atoms with E-state index in [-0.39, 0.29) is 40.5 Å². The third kappa shape index (κ3) is 3.28. The number of methoxy groups -OCH3 is 1. The number of aromatic nitrogens is 3. The summed E-state index contributed by atoms with van der Waals surface area (Å²) in [6.45, 7) is 1.64. The van der Waals surface area contributed by atoms with Gasteiger partial charge in [0.25, 0.3) is 0 Å². The van der Waals surface area contributed by atoms with Crippen LogP contribution in [0.3, 0.4) is 0 Å². The molecule has 4 aliphatic rings. The van der Waals surface area contributed by atoms with Gasteiger partial charge in [0.05, 0.1) is 18.7 Å². The molecule has 8 rings (SSSR count). The van der Waals surface area contributed by atoms with Gasteiger partial charge in [-0.25, -0.2) is 13.8 Å². The zero-order valence-corrected chi connectivity index (χ0v) is 20.3. The van der Waals surface area contributed by atoms with Gasteiger partial charge in [0.1, 0.15) is 28.2 Å². The smallest absolute Gasteiger partial charge is 0.227 e. The minimum Gasteiger partial charge on any atom is -0.508 e. The summed E-state index contributed by atoms with van der Waals surface area (Å²) in [4.78, 5) is 6.86. The zero-order valence-electron chi connectivity index (χ0n) is 20.3. The van der Waals surface area contributed by atoms with Crippen molar-refractivity contribution in [1.29, 1.82) is 0 Å². The van der Waals surface area contributed by atoms with E-state index >= 15 is 4.39 Å². The summed E-state index contributed by atoms with van der Waals surface area (Å²) in [6, 6.07) is 6.31. The van der Waals surface area contributed by atoms with Crippen LogP contribution in [0.5, 0.6) is 11.6 Å². The number of aromatic hydroxyl groups is 1. The lowest BCUT2D eigenvalue weighted by molar-refractivity contribution is 0.288. The number of hydrogen-bond donors (Lipinski definition) is 2. The zero-order chi connectivity index (χ0) is 25.4. The van der Waals surface area contributed by atoms with Crippen LogP contribution in [0.1, 0.15) is 37.3 Å². The Balaban J connectivity index is 1.54. The van der Waals surface area contributed by atoms with Gasteiger partial charge in [-0.05, 0) is 49.3 Å². The summed E-state index contributed by atoms with van der Waals surface area (Å²) in [5.74, 6) is 2.00. The van der Waals surface area contributed by atoms with Crippen LogP contribution in [0.25, 0.3) is 32.9 Å². The van der Waals surface area contributed by atoms with Crippen molar-refractivity contribution in [1.82, 2.24) is 20.1 Å². The van der Waals surface area contributed by atoms with Crippen molar-refractivity contribution in [3.8, 4) is 35.2 Å². The van der Waals surface area contributed by atoms with E-state index in [2.05, 4.69) is 21.1 Å². The quantitative estimate of drug-likeness (QED) is 0.401. The van der Waals surface area contributed by atoms with Crippen molar-refractivity contribution in [3.05, 3.63) is 41.5 Å². The first-order chi connectivity index (χ1) is 18.0. The van der Waals surface area contributed by atoms with Crippen molar-refractivity contribution < 1.29 is 18.6 Å². The van der Waals surface area contributed by atoms with Gasteiger partial charge in [0.2, 0.25) is 5.88 Å². The number of anilines is 1. The lowest BCUT2D eigenvalue weighted by Crippen LogP contribution is -2.61. The lowest BCUT2D eigenvalue weighted by atomic mass is 9.93. The van der Waals surface area contributed by atoms with Crippen LogP contribution < -0.4 is 15.0 Å². The van der Waals surface area contributed by atoms with Crippen LogP contribution in [0.2, 0.25) is 0 Å². The SMILES string of the molecule is C#Cc1c(F)ccc2cc(O)cc(-c3nc(OC)c4c(N5C[C@@H]6CC[C@H]5CN6)nn(C5CC5)c4c3F)c12. The molecule has 2 aromatic carbocycles. The average molecular weight is 502 g/mol. The van der Waals surface area contributed by atoms with Gasteiger partial charge in [0.15, 0.2) is 11.6 Å². The molecule has 4 aromatic rings. The third-order valence-electron chi connectivity index (χ3n) is 7.89. The van der Waals surface area contributed by atoms with Crippen LogP contribution in [0.15, 0.2) is 24.3 Å². The molecule has 0 radical (unpaired) electrons.